The Bertz CT molecular complexity index is 742. The minimum absolute atomic E-state index is 0.472. The van der Waals surface area contributed by atoms with Crippen molar-refractivity contribution in [1.29, 1.82) is 0 Å². The van der Waals surface area contributed by atoms with Gasteiger partial charge in [-0.1, -0.05) is 25.1 Å². The van der Waals surface area contributed by atoms with Crippen molar-refractivity contribution < 1.29 is 9.59 Å². The predicted octanol–water partition coefficient (Wildman–Crippen LogP) is 1.33. The van der Waals surface area contributed by atoms with Crippen LogP contribution in [-0.2, 0) is 16.0 Å². The number of amides is 2. The van der Waals surface area contributed by atoms with Crippen molar-refractivity contribution in [2.75, 3.05) is 36.4 Å². The van der Waals surface area contributed by atoms with Crippen LogP contribution in [0, 0.1) is 0 Å². The van der Waals surface area contributed by atoms with Crippen LogP contribution in [0.5, 0.6) is 0 Å². The number of piperazine rings is 1. The van der Waals surface area contributed by atoms with Crippen molar-refractivity contribution in [3.8, 4) is 0 Å². The summed E-state index contributed by atoms with van der Waals surface area (Å²) in [5.41, 5.74) is 1.70. The number of aryl methyl sites for hydroxylation is 1. The summed E-state index contributed by atoms with van der Waals surface area (Å²) in [6, 6.07) is 9.29. The topological polar surface area (TPSA) is 78.4 Å². The highest BCUT2D eigenvalue weighted by Crippen LogP contribution is 2.16. The molecule has 1 aromatic heterocycles. The van der Waals surface area contributed by atoms with Gasteiger partial charge >= 0.3 is 11.8 Å². The lowest BCUT2D eigenvalue weighted by Gasteiger charge is -2.34. The number of nitrogens with one attached hydrogen (secondary N) is 1. The van der Waals surface area contributed by atoms with Gasteiger partial charge in [0.15, 0.2) is 0 Å². The molecule has 7 nitrogen and oxygen atoms in total. The van der Waals surface area contributed by atoms with Gasteiger partial charge in [0.1, 0.15) is 0 Å². The number of benzene rings is 1. The fourth-order valence-electron chi connectivity index (χ4n) is 2.83. The first-order valence-electron chi connectivity index (χ1n) is 8.39. The molecule has 0 unspecified atom stereocenters. The second kappa shape index (κ2) is 7.74. The smallest absolute Gasteiger partial charge is 0.313 e. The summed E-state index contributed by atoms with van der Waals surface area (Å²) >= 11 is 0. The van der Waals surface area contributed by atoms with E-state index in [1.54, 1.807) is 23.4 Å². The van der Waals surface area contributed by atoms with E-state index >= 15 is 0 Å². The highest BCUT2D eigenvalue weighted by Gasteiger charge is 2.27. The molecular weight excluding hydrogens is 318 g/mol. The maximum absolute atomic E-state index is 12.4. The Labute approximate surface area is 146 Å². The minimum atomic E-state index is -0.592. The van der Waals surface area contributed by atoms with Crippen LogP contribution >= 0.6 is 0 Å². The number of hydrogen-bond acceptors (Lipinski definition) is 5. The summed E-state index contributed by atoms with van der Waals surface area (Å²) in [6.45, 7) is 4.17. The summed E-state index contributed by atoms with van der Waals surface area (Å²) in [7, 11) is 0. The van der Waals surface area contributed by atoms with E-state index < -0.39 is 11.8 Å². The van der Waals surface area contributed by atoms with E-state index in [2.05, 4.69) is 15.3 Å². The van der Waals surface area contributed by atoms with Gasteiger partial charge in [-0.3, -0.25) is 9.59 Å². The Kier molecular flexibility index (Phi) is 5.23. The third kappa shape index (κ3) is 3.93. The van der Waals surface area contributed by atoms with Gasteiger partial charge in [-0.05, 0) is 24.1 Å². The van der Waals surface area contributed by atoms with E-state index in [9.17, 15) is 9.59 Å². The Balaban J connectivity index is 1.58. The molecule has 2 amide bonds. The summed E-state index contributed by atoms with van der Waals surface area (Å²) < 4.78 is 0. The monoisotopic (exact) mass is 339 g/mol. The van der Waals surface area contributed by atoms with Gasteiger partial charge in [0.05, 0.1) is 0 Å². The lowest BCUT2D eigenvalue weighted by Crippen LogP contribution is -2.52. The molecule has 1 aromatic carbocycles. The number of anilines is 2. The SMILES string of the molecule is CCc1ccccc1NC(=O)C(=O)N1CCN(c2ncccn2)CC1. The lowest BCUT2D eigenvalue weighted by molar-refractivity contribution is -0.143. The molecule has 1 fully saturated rings. The molecule has 3 rings (SSSR count). The third-order valence-electron chi connectivity index (χ3n) is 4.24. The largest absolute Gasteiger partial charge is 0.337 e. The fraction of sp³-hybridized carbons (Fsp3) is 0.333. The van der Waals surface area contributed by atoms with Crippen LogP contribution in [0.2, 0.25) is 0 Å². The molecular formula is C18H21N5O2. The zero-order chi connectivity index (χ0) is 17.6. The van der Waals surface area contributed by atoms with E-state index in [0.29, 0.717) is 37.8 Å². The van der Waals surface area contributed by atoms with Gasteiger partial charge in [0, 0.05) is 44.3 Å². The highest BCUT2D eigenvalue weighted by atomic mass is 16.2. The molecule has 0 bridgehead atoms. The number of nitrogens with zero attached hydrogens (tertiary/aromatic N) is 4. The van der Waals surface area contributed by atoms with Crippen molar-refractivity contribution in [3.63, 3.8) is 0 Å². The minimum Gasteiger partial charge on any atom is -0.337 e. The molecule has 2 heterocycles. The average Bonchev–Trinajstić information content (AvgIpc) is 2.68. The van der Waals surface area contributed by atoms with E-state index in [1.165, 1.54) is 0 Å². The van der Waals surface area contributed by atoms with Gasteiger partial charge in [-0.15, -0.1) is 0 Å². The molecule has 0 aliphatic carbocycles. The maximum atomic E-state index is 12.4. The number of hydrogen-bond donors (Lipinski definition) is 1. The van der Waals surface area contributed by atoms with Crippen LogP contribution in [0.3, 0.4) is 0 Å². The van der Waals surface area contributed by atoms with E-state index in [-0.39, 0.29) is 0 Å². The second-order valence-corrected chi connectivity index (χ2v) is 5.79. The van der Waals surface area contributed by atoms with Crippen LogP contribution in [0.15, 0.2) is 42.7 Å². The molecule has 2 aromatic rings. The Morgan fingerprint density at radius 1 is 1.04 bits per heavy atom. The number of carbonyl (C=O) groups is 2. The Morgan fingerprint density at radius 3 is 2.40 bits per heavy atom. The molecule has 0 saturated carbocycles. The van der Waals surface area contributed by atoms with Crippen LogP contribution in [0.4, 0.5) is 11.6 Å². The first-order chi connectivity index (χ1) is 12.2. The number of aromatic nitrogens is 2. The fourth-order valence-corrected chi connectivity index (χ4v) is 2.83. The Morgan fingerprint density at radius 2 is 1.72 bits per heavy atom. The molecule has 1 N–H and O–H groups in total. The van der Waals surface area contributed by atoms with Crippen LogP contribution in [0.25, 0.3) is 0 Å². The van der Waals surface area contributed by atoms with Gasteiger partial charge in [-0.25, -0.2) is 9.97 Å². The zero-order valence-corrected chi connectivity index (χ0v) is 14.2. The quantitative estimate of drug-likeness (QED) is 0.854. The van der Waals surface area contributed by atoms with Crippen molar-refractivity contribution in [3.05, 3.63) is 48.3 Å². The molecule has 0 spiro atoms. The van der Waals surface area contributed by atoms with Crippen LogP contribution < -0.4 is 10.2 Å². The summed E-state index contributed by atoms with van der Waals surface area (Å²) in [4.78, 5) is 36.7. The van der Waals surface area contributed by atoms with E-state index in [0.717, 1.165) is 12.0 Å². The average molecular weight is 339 g/mol. The summed E-state index contributed by atoms with van der Waals surface area (Å²) in [6.07, 6.45) is 4.18. The molecule has 25 heavy (non-hydrogen) atoms. The van der Waals surface area contributed by atoms with Crippen molar-refractivity contribution in [1.82, 2.24) is 14.9 Å². The van der Waals surface area contributed by atoms with Gasteiger partial charge in [0.25, 0.3) is 0 Å². The summed E-state index contributed by atoms with van der Waals surface area (Å²) in [5.74, 6) is -0.444. The van der Waals surface area contributed by atoms with Crippen molar-refractivity contribution in [2.45, 2.75) is 13.3 Å². The van der Waals surface area contributed by atoms with E-state index in [4.69, 9.17) is 0 Å². The first kappa shape index (κ1) is 16.9. The van der Waals surface area contributed by atoms with Gasteiger partial charge in [-0.2, -0.15) is 0 Å². The highest BCUT2D eigenvalue weighted by molar-refractivity contribution is 6.39. The zero-order valence-electron chi connectivity index (χ0n) is 14.2. The third-order valence-corrected chi connectivity index (χ3v) is 4.24. The Hall–Kier alpha value is -2.96. The number of para-hydroxylation sites is 1. The van der Waals surface area contributed by atoms with E-state index in [1.807, 2.05) is 36.1 Å². The number of rotatable bonds is 3. The molecule has 1 aliphatic heterocycles. The normalized spacial score (nSPS) is 14.3. The standard InChI is InChI=1S/C18H21N5O2/c1-2-14-6-3-4-7-15(14)21-16(24)17(25)22-10-12-23(13-11-22)18-19-8-5-9-20-18/h3-9H,2,10-13H2,1H3,(H,21,24). The predicted molar refractivity (Wildman–Crippen MR) is 95.3 cm³/mol. The first-order valence-corrected chi connectivity index (χ1v) is 8.39. The maximum Gasteiger partial charge on any atom is 0.313 e. The lowest BCUT2D eigenvalue weighted by atomic mass is 10.1. The van der Waals surface area contributed by atoms with Gasteiger partial charge < -0.3 is 15.1 Å². The van der Waals surface area contributed by atoms with Crippen LogP contribution in [0.1, 0.15) is 12.5 Å². The number of carbonyl (C=O) groups excluding carboxylic acids is 2. The van der Waals surface area contributed by atoms with Crippen molar-refractivity contribution in [2.24, 2.45) is 0 Å². The molecule has 130 valence electrons. The van der Waals surface area contributed by atoms with Crippen LogP contribution in [-0.4, -0.2) is 52.9 Å². The molecule has 0 radical (unpaired) electrons. The van der Waals surface area contributed by atoms with Gasteiger partial charge in [0.2, 0.25) is 5.95 Å². The second-order valence-electron chi connectivity index (χ2n) is 5.79. The molecule has 1 saturated heterocycles. The summed E-state index contributed by atoms with van der Waals surface area (Å²) in [5, 5.41) is 2.73. The van der Waals surface area contributed by atoms with Crippen molar-refractivity contribution >= 4 is 23.5 Å². The molecule has 7 heteroatoms. The molecule has 0 atom stereocenters. The molecule has 1 aliphatic rings.